The molecule has 5 heterocycles. The van der Waals surface area contributed by atoms with Gasteiger partial charge >= 0.3 is 6.18 Å². The number of nitrogens with zero attached hydrogens (tertiary/aromatic N) is 5. The molecule has 0 aliphatic carbocycles. The minimum atomic E-state index is -4.60. The fourth-order valence-corrected chi connectivity index (χ4v) is 3.98. The van der Waals surface area contributed by atoms with Crippen LogP contribution in [0.2, 0.25) is 0 Å². The molecule has 2 saturated heterocycles. The maximum Gasteiger partial charge on any atom is 0.423 e. The number of aromatic nitrogens is 4. The SMILES string of the molecule is FC(F)(F)c1cnc(N[C@@H]2CCCN(c3ncnc4c3CNC4)C2)nc1OC1COC1. The number of piperidine rings is 1. The van der Waals surface area contributed by atoms with Crippen LogP contribution in [-0.4, -0.2) is 58.4 Å². The highest BCUT2D eigenvalue weighted by Crippen LogP contribution is 2.36. The largest absolute Gasteiger partial charge is 0.469 e. The number of fused-ring (bicyclic) bond motifs is 1. The fraction of sp³-hybridized carbons (Fsp3) is 0.579. The topological polar surface area (TPSA) is 97.3 Å². The average molecular weight is 437 g/mol. The van der Waals surface area contributed by atoms with Crippen molar-refractivity contribution in [2.75, 3.05) is 36.5 Å². The van der Waals surface area contributed by atoms with E-state index in [4.69, 9.17) is 9.47 Å². The maximum absolute atomic E-state index is 13.3. The van der Waals surface area contributed by atoms with Crippen LogP contribution in [0.4, 0.5) is 24.9 Å². The summed E-state index contributed by atoms with van der Waals surface area (Å²) in [5.41, 5.74) is 1.12. The first-order chi connectivity index (χ1) is 15.0. The number of halogens is 3. The van der Waals surface area contributed by atoms with Crippen LogP contribution >= 0.6 is 0 Å². The van der Waals surface area contributed by atoms with Crippen molar-refractivity contribution in [2.45, 2.75) is 44.3 Å². The van der Waals surface area contributed by atoms with Crippen LogP contribution in [0, 0.1) is 0 Å². The molecule has 3 aliphatic heterocycles. The molecule has 0 bridgehead atoms. The molecule has 5 rings (SSSR count). The van der Waals surface area contributed by atoms with Gasteiger partial charge in [-0.1, -0.05) is 0 Å². The average Bonchev–Trinajstić information content (AvgIpc) is 3.19. The van der Waals surface area contributed by atoms with Crippen molar-refractivity contribution >= 4 is 11.8 Å². The zero-order chi connectivity index (χ0) is 21.4. The molecule has 2 aromatic heterocycles. The Morgan fingerprint density at radius 2 is 2.06 bits per heavy atom. The highest BCUT2D eigenvalue weighted by molar-refractivity contribution is 5.51. The van der Waals surface area contributed by atoms with Crippen molar-refractivity contribution in [1.29, 1.82) is 0 Å². The Balaban J connectivity index is 1.32. The van der Waals surface area contributed by atoms with E-state index in [1.165, 1.54) is 0 Å². The molecule has 1 atom stereocenters. The van der Waals surface area contributed by atoms with E-state index in [1.54, 1.807) is 6.33 Å². The van der Waals surface area contributed by atoms with Gasteiger partial charge in [0.25, 0.3) is 0 Å². The van der Waals surface area contributed by atoms with Gasteiger partial charge in [0.1, 0.15) is 23.8 Å². The van der Waals surface area contributed by atoms with Gasteiger partial charge in [-0.3, -0.25) is 0 Å². The van der Waals surface area contributed by atoms with E-state index in [2.05, 4.69) is 35.5 Å². The van der Waals surface area contributed by atoms with Gasteiger partial charge in [-0.15, -0.1) is 0 Å². The first-order valence-corrected chi connectivity index (χ1v) is 10.2. The van der Waals surface area contributed by atoms with Crippen LogP contribution < -0.4 is 20.3 Å². The van der Waals surface area contributed by atoms with Crippen molar-refractivity contribution in [3.8, 4) is 5.88 Å². The van der Waals surface area contributed by atoms with Gasteiger partial charge in [-0.2, -0.15) is 18.2 Å². The molecule has 0 spiro atoms. The lowest BCUT2D eigenvalue weighted by atomic mass is 10.1. The Morgan fingerprint density at radius 3 is 2.84 bits per heavy atom. The van der Waals surface area contributed by atoms with Crippen molar-refractivity contribution in [3.05, 3.63) is 29.3 Å². The molecule has 31 heavy (non-hydrogen) atoms. The Labute approximate surface area is 176 Å². The predicted octanol–water partition coefficient (Wildman–Crippen LogP) is 1.75. The van der Waals surface area contributed by atoms with Gasteiger partial charge in [0.15, 0.2) is 0 Å². The van der Waals surface area contributed by atoms with E-state index in [-0.39, 0.29) is 25.2 Å². The molecule has 0 saturated carbocycles. The summed E-state index contributed by atoms with van der Waals surface area (Å²) in [6.45, 7) is 3.45. The Kier molecular flexibility index (Phi) is 5.26. The summed E-state index contributed by atoms with van der Waals surface area (Å²) in [5, 5.41) is 6.46. The van der Waals surface area contributed by atoms with E-state index < -0.39 is 23.7 Å². The van der Waals surface area contributed by atoms with E-state index in [9.17, 15) is 13.2 Å². The first-order valence-electron chi connectivity index (χ1n) is 10.2. The maximum atomic E-state index is 13.3. The van der Waals surface area contributed by atoms with Crippen molar-refractivity contribution in [3.63, 3.8) is 0 Å². The third-order valence-electron chi connectivity index (χ3n) is 5.61. The summed E-state index contributed by atoms with van der Waals surface area (Å²) in [6.07, 6.45) is -0.922. The van der Waals surface area contributed by atoms with Gasteiger partial charge < -0.3 is 25.0 Å². The van der Waals surface area contributed by atoms with Crippen molar-refractivity contribution in [2.24, 2.45) is 0 Å². The number of alkyl halides is 3. The highest BCUT2D eigenvalue weighted by atomic mass is 19.4. The van der Waals surface area contributed by atoms with Gasteiger partial charge in [0.2, 0.25) is 11.8 Å². The van der Waals surface area contributed by atoms with E-state index in [0.29, 0.717) is 6.54 Å². The summed E-state index contributed by atoms with van der Waals surface area (Å²) in [4.78, 5) is 18.9. The van der Waals surface area contributed by atoms with Crippen LogP contribution in [0.3, 0.4) is 0 Å². The molecule has 0 unspecified atom stereocenters. The predicted molar refractivity (Wildman–Crippen MR) is 104 cm³/mol. The van der Waals surface area contributed by atoms with Crippen LogP contribution in [0.25, 0.3) is 0 Å². The summed E-state index contributed by atoms with van der Waals surface area (Å²) >= 11 is 0. The number of nitrogens with one attached hydrogen (secondary N) is 2. The number of hydrogen-bond acceptors (Lipinski definition) is 9. The van der Waals surface area contributed by atoms with Crippen LogP contribution in [-0.2, 0) is 24.0 Å². The standard InChI is InChI=1S/C19H22F3N7O2/c20-19(21,22)14-5-24-18(28-17(14)31-12-8-30-9-12)27-11-2-1-3-29(7-11)16-13-4-23-6-15(13)25-10-26-16/h5,10-12,23H,1-4,6-9H2,(H,24,27,28)/t11-/m1/s1. The zero-order valence-electron chi connectivity index (χ0n) is 16.7. The zero-order valence-corrected chi connectivity index (χ0v) is 16.7. The van der Waals surface area contributed by atoms with E-state index in [1.807, 2.05) is 0 Å². The van der Waals surface area contributed by atoms with Crippen LogP contribution in [0.15, 0.2) is 12.5 Å². The van der Waals surface area contributed by atoms with Crippen molar-refractivity contribution in [1.82, 2.24) is 25.3 Å². The lowest BCUT2D eigenvalue weighted by molar-refractivity contribution is -0.142. The third kappa shape index (κ3) is 4.22. The summed E-state index contributed by atoms with van der Waals surface area (Å²) in [6, 6.07) is -0.0367. The molecule has 9 nitrogen and oxygen atoms in total. The molecule has 3 aliphatic rings. The van der Waals surface area contributed by atoms with Gasteiger partial charge in [-0.05, 0) is 12.8 Å². The monoisotopic (exact) mass is 437 g/mol. The normalized spacial score (nSPS) is 21.5. The Morgan fingerprint density at radius 1 is 1.19 bits per heavy atom. The molecule has 2 aromatic rings. The van der Waals surface area contributed by atoms with Crippen molar-refractivity contribution < 1.29 is 22.6 Å². The van der Waals surface area contributed by atoms with Gasteiger partial charge in [0.05, 0.1) is 18.9 Å². The molecule has 2 N–H and O–H groups in total. The fourth-order valence-electron chi connectivity index (χ4n) is 3.98. The lowest BCUT2D eigenvalue weighted by Gasteiger charge is -2.35. The second-order valence-corrected chi connectivity index (χ2v) is 7.84. The summed E-state index contributed by atoms with van der Waals surface area (Å²) in [7, 11) is 0. The summed E-state index contributed by atoms with van der Waals surface area (Å²) < 4.78 is 50.4. The molecular weight excluding hydrogens is 415 g/mol. The number of rotatable bonds is 5. The smallest absolute Gasteiger partial charge is 0.423 e. The number of anilines is 2. The second-order valence-electron chi connectivity index (χ2n) is 7.84. The molecule has 0 aromatic carbocycles. The van der Waals surface area contributed by atoms with E-state index >= 15 is 0 Å². The third-order valence-corrected chi connectivity index (χ3v) is 5.61. The van der Waals surface area contributed by atoms with Gasteiger partial charge in [-0.25, -0.2) is 15.0 Å². The Hall–Kier alpha value is -2.73. The van der Waals surface area contributed by atoms with Crippen LogP contribution in [0.5, 0.6) is 5.88 Å². The Bertz CT molecular complexity index is 955. The number of ether oxygens (including phenoxy) is 2. The van der Waals surface area contributed by atoms with E-state index in [0.717, 1.165) is 55.7 Å². The highest BCUT2D eigenvalue weighted by Gasteiger charge is 2.38. The minimum Gasteiger partial charge on any atom is -0.469 e. The molecule has 0 amide bonds. The minimum absolute atomic E-state index is 0.0367. The molecule has 2 fully saturated rings. The van der Waals surface area contributed by atoms with Gasteiger partial charge in [0, 0.05) is 44.0 Å². The molecule has 12 heteroatoms. The molecule has 166 valence electrons. The van der Waals surface area contributed by atoms with Crippen LogP contribution in [0.1, 0.15) is 29.7 Å². The summed E-state index contributed by atoms with van der Waals surface area (Å²) in [5.74, 6) is 0.555. The lowest BCUT2D eigenvalue weighted by Crippen LogP contribution is -2.43. The molecular formula is C19H22F3N7O2. The second kappa shape index (κ2) is 8.08. The quantitative estimate of drug-likeness (QED) is 0.725. The molecule has 0 radical (unpaired) electrons. The number of hydrogen-bond donors (Lipinski definition) is 2. The first kappa shape index (κ1) is 20.2.